The van der Waals surface area contributed by atoms with E-state index in [0.29, 0.717) is 0 Å². The molecule has 11 nitrogen and oxygen atoms in total. The molecule has 7 N–H and O–H groups in total. The van der Waals surface area contributed by atoms with Gasteiger partial charge < -0.3 is 54.7 Å². The van der Waals surface area contributed by atoms with Crippen molar-refractivity contribution in [1.29, 1.82) is 0 Å². The van der Waals surface area contributed by atoms with E-state index in [1.165, 1.54) is 7.11 Å². The summed E-state index contributed by atoms with van der Waals surface area (Å²) in [4.78, 5) is 0. The van der Waals surface area contributed by atoms with Crippen molar-refractivity contribution in [3.63, 3.8) is 0 Å². The predicted octanol–water partition coefficient (Wildman–Crippen LogP) is -4.74. The fourth-order valence-electron chi connectivity index (χ4n) is 2.64. The van der Waals surface area contributed by atoms with Crippen LogP contribution in [0.25, 0.3) is 0 Å². The zero-order chi connectivity index (χ0) is 18.0. The van der Waals surface area contributed by atoms with Crippen LogP contribution in [0.2, 0.25) is 0 Å². The maximum atomic E-state index is 9.91. The normalized spacial score (nSPS) is 50.0. The van der Waals surface area contributed by atoms with Crippen LogP contribution in [0.3, 0.4) is 0 Å². The van der Waals surface area contributed by atoms with E-state index in [4.69, 9.17) is 24.1 Å². The lowest BCUT2D eigenvalue weighted by Gasteiger charge is -2.42. The topological polar surface area (TPSA) is 179 Å². The van der Waals surface area contributed by atoms with Gasteiger partial charge in [0.2, 0.25) is 0 Å². The first-order valence-corrected chi connectivity index (χ1v) is 7.46. The van der Waals surface area contributed by atoms with E-state index >= 15 is 0 Å². The predicted molar refractivity (Wildman–Crippen MR) is 73.4 cm³/mol. The fraction of sp³-hybridized carbons (Fsp3) is 1.00. The molecule has 2 heterocycles. The van der Waals surface area contributed by atoms with Crippen LogP contribution >= 0.6 is 0 Å². The Labute approximate surface area is 137 Å². The summed E-state index contributed by atoms with van der Waals surface area (Å²) >= 11 is 0. The molecule has 0 aromatic heterocycles. The second kappa shape index (κ2) is 8.29. The average molecular weight is 356 g/mol. The number of aliphatic hydroxyl groups excluding tert-OH is 7. The summed E-state index contributed by atoms with van der Waals surface area (Å²) in [5.41, 5.74) is 0. The number of methoxy groups -OCH3 is 1. The van der Waals surface area contributed by atoms with Crippen molar-refractivity contribution in [3.05, 3.63) is 0 Å². The molecular weight excluding hydrogens is 332 g/mol. The van der Waals surface area contributed by atoms with Gasteiger partial charge in [-0.25, -0.2) is 0 Å². The van der Waals surface area contributed by atoms with Crippen LogP contribution in [0, 0.1) is 0 Å². The molecule has 2 saturated heterocycles. The summed E-state index contributed by atoms with van der Waals surface area (Å²) in [5, 5.41) is 67.6. The second-order valence-electron chi connectivity index (χ2n) is 5.78. The first-order chi connectivity index (χ1) is 11.3. The Morgan fingerprint density at radius 2 is 1.21 bits per heavy atom. The van der Waals surface area contributed by atoms with Gasteiger partial charge in [0.15, 0.2) is 12.6 Å². The molecule has 0 aromatic rings. The van der Waals surface area contributed by atoms with Crippen molar-refractivity contribution < 1.29 is 54.7 Å². The molecule has 2 aliphatic rings. The molecule has 2 aliphatic heterocycles. The molecule has 2 rings (SSSR count). The SMILES string of the molecule is CO[C@H]1O[C@H](CO[C@@H]2O[C@H](CO)[C@@H](O)[C@H](O)[C@H]2O)[C@@H](O)[C@H](O)[C@H]1O. The van der Waals surface area contributed by atoms with E-state index in [2.05, 4.69) is 0 Å². The first kappa shape index (κ1) is 19.9. The highest BCUT2D eigenvalue weighted by Gasteiger charge is 2.47. The Balaban J connectivity index is 1.96. The van der Waals surface area contributed by atoms with Gasteiger partial charge in [-0.15, -0.1) is 0 Å². The summed E-state index contributed by atoms with van der Waals surface area (Å²) in [6.07, 6.45) is -14.0. The summed E-state index contributed by atoms with van der Waals surface area (Å²) < 4.78 is 20.5. The molecule has 0 saturated carbocycles. The number of aliphatic hydroxyl groups is 7. The standard InChI is InChI=1S/C13H24O11/c1-21-12-10(19)9(18)7(16)5(24-12)3-22-13-11(20)8(17)6(15)4(2-14)23-13/h4-20H,2-3H2,1H3/t4-,5-,6-,7-,8+,9+,10-,11-,12+,13-/m1/s1. The Kier molecular flexibility index (Phi) is 6.87. The van der Waals surface area contributed by atoms with Crippen LogP contribution in [-0.4, -0.2) is 117 Å². The van der Waals surface area contributed by atoms with E-state index in [1.807, 2.05) is 0 Å². The number of hydrogen-bond acceptors (Lipinski definition) is 11. The molecule has 0 aromatic carbocycles. The van der Waals surface area contributed by atoms with Crippen molar-refractivity contribution in [2.45, 2.75) is 61.4 Å². The first-order valence-electron chi connectivity index (χ1n) is 7.46. The maximum Gasteiger partial charge on any atom is 0.186 e. The second-order valence-corrected chi connectivity index (χ2v) is 5.78. The van der Waals surface area contributed by atoms with E-state index in [-0.39, 0.29) is 6.61 Å². The lowest BCUT2D eigenvalue weighted by molar-refractivity contribution is -0.328. The van der Waals surface area contributed by atoms with Crippen LogP contribution in [0.1, 0.15) is 0 Å². The molecule has 0 spiro atoms. The highest BCUT2D eigenvalue weighted by atomic mass is 16.7. The van der Waals surface area contributed by atoms with Gasteiger partial charge >= 0.3 is 0 Å². The lowest BCUT2D eigenvalue weighted by Crippen LogP contribution is -2.61. The van der Waals surface area contributed by atoms with Crippen LogP contribution in [0.15, 0.2) is 0 Å². The third kappa shape index (κ3) is 3.86. The Bertz CT molecular complexity index is 356. The molecule has 142 valence electrons. The van der Waals surface area contributed by atoms with E-state index in [9.17, 15) is 30.6 Å². The van der Waals surface area contributed by atoms with Gasteiger partial charge in [0.05, 0.1) is 13.2 Å². The molecule has 10 atom stereocenters. The van der Waals surface area contributed by atoms with Crippen molar-refractivity contribution in [1.82, 2.24) is 0 Å². The summed E-state index contributed by atoms with van der Waals surface area (Å²) in [6, 6.07) is 0. The summed E-state index contributed by atoms with van der Waals surface area (Å²) in [5.74, 6) is 0. The third-order valence-electron chi connectivity index (χ3n) is 4.17. The lowest BCUT2D eigenvalue weighted by atomic mass is 9.98. The summed E-state index contributed by atoms with van der Waals surface area (Å²) in [7, 11) is 1.24. The van der Waals surface area contributed by atoms with Gasteiger partial charge in [-0.2, -0.15) is 0 Å². The Morgan fingerprint density at radius 3 is 1.75 bits per heavy atom. The molecular formula is C13H24O11. The number of hydrogen-bond donors (Lipinski definition) is 7. The minimum Gasteiger partial charge on any atom is -0.394 e. The number of rotatable bonds is 5. The van der Waals surface area contributed by atoms with Gasteiger partial charge in [-0.3, -0.25) is 0 Å². The Hall–Kier alpha value is -0.440. The molecule has 0 radical (unpaired) electrons. The van der Waals surface area contributed by atoms with Crippen LogP contribution in [0.5, 0.6) is 0 Å². The highest BCUT2D eigenvalue weighted by Crippen LogP contribution is 2.25. The van der Waals surface area contributed by atoms with Crippen molar-refractivity contribution in [3.8, 4) is 0 Å². The average Bonchev–Trinajstić information content (AvgIpc) is 2.58. The fourth-order valence-corrected chi connectivity index (χ4v) is 2.64. The smallest absolute Gasteiger partial charge is 0.186 e. The van der Waals surface area contributed by atoms with Crippen molar-refractivity contribution in [2.24, 2.45) is 0 Å². The van der Waals surface area contributed by atoms with Crippen molar-refractivity contribution >= 4 is 0 Å². The van der Waals surface area contributed by atoms with Crippen LogP contribution < -0.4 is 0 Å². The monoisotopic (exact) mass is 356 g/mol. The zero-order valence-corrected chi connectivity index (χ0v) is 13.0. The molecule has 0 unspecified atom stereocenters. The van der Waals surface area contributed by atoms with E-state index in [1.54, 1.807) is 0 Å². The number of ether oxygens (including phenoxy) is 4. The van der Waals surface area contributed by atoms with Gasteiger partial charge in [0.25, 0.3) is 0 Å². The van der Waals surface area contributed by atoms with Gasteiger partial charge in [0, 0.05) is 7.11 Å². The maximum absolute atomic E-state index is 9.91. The van der Waals surface area contributed by atoms with E-state index < -0.39 is 68.0 Å². The van der Waals surface area contributed by atoms with Crippen molar-refractivity contribution in [2.75, 3.05) is 20.3 Å². The van der Waals surface area contributed by atoms with Crippen LogP contribution in [-0.2, 0) is 18.9 Å². The van der Waals surface area contributed by atoms with E-state index in [0.717, 1.165) is 0 Å². The molecule has 0 amide bonds. The highest BCUT2D eigenvalue weighted by molar-refractivity contribution is 4.91. The van der Waals surface area contributed by atoms with Gasteiger partial charge in [-0.05, 0) is 0 Å². The molecule has 24 heavy (non-hydrogen) atoms. The largest absolute Gasteiger partial charge is 0.394 e. The molecule has 0 aliphatic carbocycles. The summed E-state index contributed by atoms with van der Waals surface area (Å²) in [6.45, 7) is -0.989. The molecule has 2 fully saturated rings. The molecule has 0 bridgehead atoms. The Morgan fingerprint density at radius 1 is 0.708 bits per heavy atom. The van der Waals surface area contributed by atoms with Crippen LogP contribution in [0.4, 0.5) is 0 Å². The molecule has 11 heteroatoms. The minimum atomic E-state index is -1.60. The quantitative estimate of drug-likeness (QED) is 0.251. The minimum absolute atomic E-state index is 0.381. The van der Waals surface area contributed by atoms with Gasteiger partial charge in [-0.1, -0.05) is 0 Å². The van der Waals surface area contributed by atoms with Gasteiger partial charge in [0.1, 0.15) is 48.8 Å². The third-order valence-corrected chi connectivity index (χ3v) is 4.17. The zero-order valence-electron chi connectivity index (χ0n) is 13.0.